The Morgan fingerprint density at radius 2 is 1.83 bits per heavy atom. The molecule has 0 unspecified atom stereocenters. The van der Waals surface area contributed by atoms with Crippen molar-refractivity contribution in [2.75, 3.05) is 6.54 Å². The molecule has 6 heavy (non-hydrogen) atoms. The van der Waals surface area contributed by atoms with Crippen LogP contribution in [0.15, 0.2) is 0 Å². The summed E-state index contributed by atoms with van der Waals surface area (Å²) in [6.07, 6.45) is 6.08. The first-order valence-electron chi connectivity index (χ1n) is 1.01. The molecule has 0 spiro atoms. The van der Waals surface area contributed by atoms with Crippen LogP contribution in [0.4, 0.5) is 0 Å². The Morgan fingerprint density at radius 1 is 1.67 bits per heavy atom. The summed E-state index contributed by atoms with van der Waals surface area (Å²) < 4.78 is 0. The van der Waals surface area contributed by atoms with Crippen LogP contribution in [-0.4, -0.2) is 29.6 Å². The first-order chi connectivity index (χ1) is 1.91. The number of halogens is 1. The van der Waals surface area contributed by atoms with E-state index < -0.39 is 0 Å². The summed E-state index contributed by atoms with van der Waals surface area (Å²) in [5, 5.41) is 0. The Morgan fingerprint density at radius 3 is 1.83 bits per heavy atom. The maximum absolute atomic E-state index is 6.08. The molecule has 3 heteroatoms. The van der Waals surface area contributed by atoms with E-state index in [4.69, 9.17) is 12.2 Å². The molecule has 0 saturated heterocycles. The van der Waals surface area contributed by atoms with E-state index in [1.807, 2.05) is 5.92 Å². The van der Waals surface area contributed by atoms with Crippen LogP contribution in [-0.2, 0) is 0 Å². The van der Waals surface area contributed by atoms with E-state index in [0.29, 0.717) is 0 Å². The van der Waals surface area contributed by atoms with Gasteiger partial charge in [-0.1, -0.05) is 0 Å². The van der Waals surface area contributed by atoms with Crippen molar-refractivity contribution < 1.29 is 17.0 Å². The fourth-order valence-corrected chi connectivity index (χ4v) is 0. The monoisotopic (exact) mass is 157 g/mol. The summed E-state index contributed by atoms with van der Waals surface area (Å²) in [4.78, 5) is 0. The van der Waals surface area contributed by atoms with Crippen LogP contribution >= 0.6 is 0 Å². The molecule has 0 saturated carbocycles. The molecule has 1 nitrogen and oxygen atoms in total. The quantitative estimate of drug-likeness (QED) is 0.218. The molecule has 2 N–H and O–H groups in total. The summed E-state index contributed by atoms with van der Waals surface area (Å²) in [5.74, 6) is 1.96. The van der Waals surface area contributed by atoms with Gasteiger partial charge in [0.2, 0.25) is 0 Å². The molecular formula is C3H4BrMgN. The molecule has 30 valence electrons. The molecule has 0 rings (SSSR count). The average Bonchev–Trinajstić information content (AvgIpc) is 1.37. The largest absolute Gasteiger partial charge is 2.00 e. The van der Waals surface area contributed by atoms with Gasteiger partial charge in [0.25, 0.3) is 0 Å². The maximum atomic E-state index is 6.08. The number of hydrogen-bond donors (Lipinski definition) is 1. The van der Waals surface area contributed by atoms with E-state index in [0.717, 1.165) is 0 Å². The minimum Gasteiger partial charge on any atom is -1.00 e. The molecule has 0 aromatic rings. The van der Waals surface area contributed by atoms with Gasteiger partial charge in [0, 0.05) is 6.54 Å². The van der Waals surface area contributed by atoms with E-state index in [2.05, 4.69) is 0 Å². The minimum atomic E-state index is 0. The summed E-state index contributed by atoms with van der Waals surface area (Å²) in [7, 11) is 0. The number of rotatable bonds is 0. The predicted octanol–water partition coefficient (Wildman–Crippen LogP) is -3.84. The molecule has 0 aliphatic heterocycles. The van der Waals surface area contributed by atoms with E-state index >= 15 is 0 Å². The second-order valence-corrected chi connectivity index (χ2v) is 0.381. The van der Waals surface area contributed by atoms with E-state index in [-0.39, 0.29) is 46.6 Å². The molecule has 0 aliphatic rings. The summed E-state index contributed by atoms with van der Waals surface area (Å²) in [5.41, 5.74) is 4.73. The number of hydrogen-bond acceptors (Lipinski definition) is 1. The fraction of sp³-hybridized carbons (Fsp3) is 0.333. The Kier molecular flexibility index (Phi) is 45.3. The summed E-state index contributed by atoms with van der Waals surface area (Å²) in [6, 6.07) is 0. The van der Waals surface area contributed by atoms with Crippen molar-refractivity contribution in [3.8, 4) is 5.92 Å². The van der Waals surface area contributed by atoms with E-state index in [9.17, 15) is 0 Å². The zero-order chi connectivity index (χ0) is 3.41. The van der Waals surface area contributed by atoms with Gasteiger partial charge in [-0.3, -0.25) is 0 Å². The third kappa shape index (κ3) is 21.7. The molecule has 0 aromatic carbocycles. The topological polar surface area (TPSA) is 26.0 Å². The third-order valence-electron chi connectivity index (χ3n) is 0.102. The molecule has 0 aromatic heterocycles. The first kappa shape index (κ1) is 15.9. The maximum Gasteiger partial charge on any atom is 2.00 e. The van der Waals surface area contributed by atoms with Crippen molar-refractivity contribution >= 4 is 23.1 Å². The Bertz CT molecular complexity index is 40.5. The van der Waals surface area contributed by atoms with E-state index in [1.165, 1.54) is 0 Å². The molecule has 0 aliphatic carbocycles. The molecule has 0 atom stereocenters. The average molecular weight is 158 g/mol. The smallest absolute Gasteiger partial charge is 1.00 e. The number of nitrogens with two attached hydrogens (primary N) is 1. The SMILES string of the molecule is [Br-].[C-]#CCN.[Mg+2]. The second kappa shape index (κ2) is 17.1. The van der Waals surface area contributed by atoms with Gasteiger partial charge in [0.1, 0.15) is 0 Å². The third-order valence-corrected chi connectivity index (χ3v) is 0.102. The van der Waals surface area contributed by atoms with Crippen LogP contribution in [0.3, 0.4) is 0 Å². The molecule has 0 radical (unpaired) electrons. The van der Waals surface area contributed by atoms with Gasteiger partial charge in [0.05, 0.1) is 0 Å². The minimum absolute atomic E-state index is 0. The van der Waals surface area contributed by atoms with Crippen LogP contribution in [0.1, 0.15) is 0 Å². The van der Waals surface area contributed by atoms with Gasteiger partial charge < -0.3 is 35.1 Å². The zero-order valence-electron chi connectivity index (χ0n) is 3.37. The van der Waals surface area contributed by atoms with E-state index in [1.54, 1.807) is 0 Å². The van der Waals surface area contributed by atoms with Crippen LogP contribution in [0.2, 0.25) is 0 Å². The van der Waals surface area contributed by atoms with Gasteiger partial charge in [-0.2, -0.15) is 0 Å². The first-order valence-corrected chi connectivity index (χ1v) is 1.01. The fourth-order valence-electron chi connectivity index (χ4n) is 0. The van der Waals surface area contributed by atoms with Crippen molar-refractivity contribution in [2.24, 2.45) is 5.73 Å². The molecule has 0 fully saturated rings. The van der Waals surface area contributed by atoms with Gasteiger partial charge in [-0.25, -0.2) is 0 Å². The van der Waals surface area contributed by atoms with Crippen LogP contribution in [0.5, 0.6) is 0 Å². The normalized spacial score (nSPS) is 3.33. The molecule has 0 amide bonds. The van der Waals surface area contributed by atoms with Crippen molar-refractivity contribution in [1.29, 1.82) is 0 Å². The van der Waals surface area contributed by atoms with Crippen molar-refractivity contribution in [3.63, 3.8) is 0 Å². The predicted molar refractivity (Wildman–Crippen MR) is 21.9 cm³/mol. The van der Waals surface area contributed by atoms with Gasteiger partial charge >= 0.3 is 23.1 Å². The zero-order valence-corrected chi connectivity index (χ0v) is 6.37. The molecule has 0 heterocycles. The van der Waals surface area contributed by atoms with Crippen LogP contribution < -0.4 is 22.7 Å². The van der Waals surface area contributed by atoms with Gasteiger partial charge in [-0.05, 0) is 0 Å². The Hall–Kier alpha value is 0.766. The Labute approximate surface area is 64.6 Å². The van der Waals surface area contributed by atoms with Crippen molar-refractivity contribution in [2.45, 2.75) is 0 Å². The van der Waals surface area contributed by atoms with Crippen molar-refractivity contribution in [3.05, 3.63) is 6.42 Å². The summed E-state index contributed by atoms with van der Waals surface area (Å²) in [6.45, 7) is 0.236. The molecular weight excluding hydrogens is 154 g/mol. The van der Waals surface area contributed by atoms with Crippen LogP contribution in [0, 0.1) is 12.3 Å². The molecule has 0 bridgehead atoms. The van der Waals surface area contributed by atoms with Gasteiger partial charge in [0.15, 0.2) is 0 Å². The second-order valence-electron chi connectivity index (χ2n) is 0.381. The Balaban J connectivity index is -0.0000000450. The summed E-state index contributed by atoms with van der Waals surface area (Å²) >= 11 is 0. The van der Waals surface area contributed by atoms with Crippen LogP contribution in [0.25, 0.3) is 0 Å². The van der Waals surface area contributed by atoms with Gasteiger partial charge in [-0.15, -0.1) is 0 Å². The van der Waals surface area contributed by atoms with Crippen molar-refractivity contribution in [1.82, 2.24) is 0 Å². The standard InChI is InChI=1S/C3H4N.BrH.Mg/c1-2-3-4;;/h3-4H2;1H;/q-1;;+2/p-1.